The summed E-state index contributed by atoms with van der Waals surface area (Å²) >= 11 is 0. The summed E-state index contributed by atoms with van der Waals surface area (Å²) < 4.78 is 0. The minimum Gasteiger partial charge on any atom is -0.480 e. The number of nitrogens with one attached hydrogen (secondary N) is 2. The maximum Gasteiger partial charge on any atom is 0.325 e. The summed E-state index contributed by atoms with van der Waals surface area (Å²) in [5.74, 6) is -0.663. The second kappa shape index (κ2) is 7.20. The number of hydrogen-bond acceptors (Lipinski definition) is 3. The summed E-state index contributed by atoms with van der Waals surface area (Å²) in [6, 6.07) is -1.28. The second-order valence-electron chi connectivity index (χ2n) is 5.03. The SMILES string of the molecule is CC(CNC(=O)N[C@@H](C)C(=O)O)CN1CCCC1. The van der Waals surface area contributed by atoms with Gasteiger partial charge in [0.25, 0.3) is 0 Å². The van der Waals surface area contributed by atoms with Gasteiger partial charge in [0.1, 0.15) is 6.04 Å². The van der Waals surface area contributed by atoms with Crippen LogP contribution < -0.4 is 10.6 Å². The van der Waals surface area contributed by atoms with E-state index in [1.165, 1.54) is 19.8 Å². The summed E-state index contributed by atoms with van der Waals surface area (Å²) in [6.45, 7) is 7.36. The zero-order chi connectivity index (χ0) is 13.5. The molecule has 1 saturated heterocycles. The predicted octanol–water partition coefficient (Wildman–Crippen LogP) is 0.491. The molecule has 0 aromatic heterocycles. The molecule has 0 aliphatic carbocycles. The van der Waals surface area contributed by atoms with Crippen LogP contribution in [0.4, 0.5) is 4.79 Å². The third-order valence-corrected chi connectivity index (χ3v) is 3.10. The molecular formula is C12H23N3O3. The van der Waals surface area contributed by atoms with Crippen molar-refractivity contribution < 1.29 is 14.7 Å². The third-order valence-electron chi connectivity index (χ3n) is 3.10. The fourth-order valence-electron chi connectivity index (χ4n) is 2.05. The number of urea groups is 1. The van der Waals surface area contributed by atoms with Gasteiger partial charge in [-0.1, -0.05) is 6.92 Å². The van der Waals surface area contributed by atoms with Crippen LogP contribution in [0.5, 0.6) is 0 Å². The van der Waals surface area contributed by atoms with E-state index in [1.807, 2.05) is 0 Å². The molecule has 0 aromatic carbocycles. The fourth-order valence-corrected chi connectivity index (χ4v) is 2.05. The van der Waals surface area contributed by atoms with Crippen LogP contribution in [0.25, 0.3) is 0 Å². The van der Waals surface area contributed by atoms with Gasteiger partial charge in [0.15, 0.2) is 0 Å². The molecule has 1 unspecified atom stereocenters. The number of carbonyl (C=O) groups is 2. The van der Waals surface area contributed by atoms with E-state index in [2.05, 4.69) is 22.5 Å². The number of aliphatic carboxylic acids is 1. The molecule has 6 heteroatoms. The molecule has 1 aliphatic rings. The summed E-state index contributed by atoms with van der Waals surface area (Å²) in [5, 5.41) is 13.7. The molecule has 1 rings (SSSR count). The Morgan fingerprint density at radius 2 is 1.89 bits per heavy atom. The van der Waals surface area contributed by atoms with Crippen LogP contribution in [-0.2, 0) is 4.79 Å². The monoisotopic (exact) mass is 257 g/mol. The highest BCUT2D eigenvalue weighted by Gasteiger charge is 2.16. The average Bonchev–Trinajstić information content (AvgIpc) is 2.79. The van der Waals surface area contributed by atoms with Crippen LogP contribution in [0.2, 0.25) is 0 Å². The first-order chi connectivity index (χ1) is 8.49. The Balaban J connectivity index is 2.14. The van der Waals surface area contributed by atoms with Gasteiger partial charge in [0.05, 0.1) is 0 Å². The van der Waals surface area contributed by atoms with Crippen LogP contribution in [0.15, 0.2) is 0 Å². The first-order valence-electron chi connectivity index (χ1n) is 6.48. The molecule has 1 heterocycles. The molecule has 18 heavy (non-hydrogen) atoms. The van der Waals surface area contributed by atoms with Crippen molar-refractivity contribution in [2.24, 2.45) is 5.92 Å². The number of likely N-dealkylation sites (tertiary alicyclic amines) is 1. The lowest BCUT2D eigenvalue weighted by Gasteiger charge is -2.20. The minimum absolute atomic E-state index is 0.369. The van der Waals surface area contributed by atoms with Crippen LogP contribution in [0.1, 0.15) is 26.7 Å². The van der Waals surface area contributed by atoms with Gasteiger partial charge in [-0.05, 0) is 38.8 Å². The molecule has 2 atom stereocenters. The zero-order valence-corrected chi connectivity index (χ0v) is 11.1. The van der Waals surface area contributed by atoms with Crippen LogP contribution in [0, 0.1) is 5.92 Å². The first kappa shape index (κ1) is 14.8. The minimum atomic E-state index is -1.03. The topological polar surface area (TPSA) is 81.7 Å². The number of rotatable bonds is 6. The molecule has 1 fully saturated rings. The van der Waals surface area contributed by atoms with Crippen LogP contribution in [0.3, 0.4) is 0 Å². The summed E-state index contributed by atoms with van der Waals surface area (Å²) in [5.41, 5.74) is 0. The Hall–Kier alpha value is -1.30. The van der Waals surface area contributed by atoms with Crippen molar-refractivity contribution in [2.75, 3.05) is 26.2 Å². The maximum absolute atomic E-state index is 11.4. The second-order valence-corrected chi connectivity index (χ2v) is 5.03. The molecule has 0 aromatic rings. The average molecular weight is 257 g/mol. The quantitative estimate of drug-likeness (QED) is 0.647. The van der Waals surface area contributed by atoms with Gasteiger partial charge in [0.2, 0.25) is 0 Å². The van der Waals surface area contributed by atoms with Crippen molar-refractivity contribution in [3.05, 3.63) is 0 Å². The Morgan fingerprint density at radius 1 is 1.28 bits per heavy atom. The molecule has 0 radical (unpaired) electrons. The van der Waals surface area contributed by atoms with Crippen molar-refractivity contribution in [1.29, 1.82) is 0 Å². The Bertz CT molecular complexity index is 290. The van der Waals surface area contributed by atoms with Gasteiger partial charge in [-0.15, -0.1) is 0 Å². The lowest BCUT2D eigenvalue weighted by Crippen LogP contribution is -2.46. The molecule has 6 nitrogen and oxygen atoms in total. The number of carboxylic acid groups (broad SMARTS) is 1. The highest BCUT2D eigenvalue weighted by molar-refractivity contribution is 5.82. The van der Waals surface area contributed by atoms with E-state index in [1.54, 1.807) is 0 Å². The number of carboxylic acids is 1. The van der Waals surface area contributed by atoms with Crippen molar-refractivity contribution in [1.82, 2.24) is 15.5 Å². The van der Waals surface area contributed by atoms with Crippen molar-refractivity contribution >= 4 is 12.0 Å². The zero-order valence-electron chi connectivity index (χ0n) is 11.1. The lowest BCUT2D eigenvalue weighted by atomic mass is 10.1. The standard InChI is InChI=1S/C12H23N3O3/c1-9(8-15-5-3-4-6-15)7-13-12(18)14-10(2)11(16)17/h9-10H,3-8H2,1-2H3,(H,16,17)(H2,13,14,18)/t9?,10-/m0/s1. The number of hydrogen-bond donors (Lipinski definition) is 3. The molecule has 104 valence electrons. The maximum atomic E-state index is 11.4. The highest BCUT2D eigenvalue weighted by atomic mass is 16.4. The van der Waals surface area contributed by atoms with E-state index in [0.717, 1.165) is 19.6 Å². The van der Waals surface area contributed by atoms with Gasteiger partial charge >= 0.3 is 12.0 Å². The van der Waals surface area contributed by atoms with Gasteiger partial charge in [-0.25, -0.2) is 4.79 Å². The van der Waals surface area contributed by atoms with Gasteiger partial charge < -0.3 is 20.6 Å². The number of nitrogens with zero attached hydrogens (tertiary/aromatic N) is 1. The largest absolute Gasteiger partial charge is 0.480 e. The van der Waals surface area contributed by atoms with E-state index in [0.29, 0.717) is 12.5 Å². The van der Waals surface area contributed by atoms with Crippen molar-refractivity contribution in [2.45, 2.75) is 32.7 Å². The van der Waals surface area contributed by atoms with Gasteiger partial charge in [-0.3, -0.25) is 4.79 Å². The molecule has 0 spiro atoms. The first-order valence-corrected chi connectivity index (χ1v) is 6.48. The molecule has 0 saturated carbocycles. The van der Waals surface area contributed by atoms with E-state index < -0.39 is 18.0 Å². The Morgan fingerprint density at radius 3 is 2.44 bits per heavy atom. The predicted molar refractivity (Wildman–Crippen MR) is 68.5 cm³/mol. The fraction of sp³-hybridized carbons (Fsp3) is 0.833. The highest BCUT2D eigenvalue weighted by Crippen LogP contribution is 2.09. The van der Waals surface area contributed by atoms with Gasteiger partial charge in [-0.2, -0.15) is 0 Å². The molecule has 2 amide bonds. The van der Waals surface area contributed by atoms with Crippen molar-refractivity contribution in [3.8, 4) is 0 Å². The lowest BCUT2D eigenvalue weighted by molar-refractivity contribution is -0.138. The molecular weight excluding hydrogens is 234 g/mol. The van der Waals surface area contributed by atoms with E-state index >= 15 is 0 Å². The summed E-state index contributed by atoms with van der Waals surface area (Å²) in [4.78, 5) is 24.3. The van der Waals surface area contributed by atoms with E-state index in [9.17, 15) is 9.59 Å². The van der Waals surface area contributed by atoms with E-state index in [4.69, 9.17) is 5.11 Å². The number of amides is 2. The molecule has 1 aliphatic heterocycles. The molecule has 3 N–H and O–H groups in total. The summed E-state index contributed by atoms with van der Waals surface area (Å²) in [6.07, 6.45) is 2.52. The van der Waals surface area contributed by atoms with Crippen molar-refractivity contribution in [3.63, 3.8) is 0 Å². The normalized spacial score (nSPS) is 19.2. The van der Waals surface area contributed by atoms with Crippen LogP contribution in [-0.4, -0.2) is 54.2 Å². The Kier molecular flexibility index (Phi) is 5.91. The van der Waals surface area contributed by atoms with Gasteiger partial charge in [0, 0.05) is 13.1 Å². The van der Waals surface area contributed by atoms with E-state index in [-0.39, 0.29) is 0 Å². The Labute approximate surface area is 108 Å². The summed E-state index contributed by atoms with van der Waals surface area (Å²) in [7, 11) is 0. The number of carbonyl (C=O) groups excluding carboxylic acids is 1. The smallest absolute Gasteiger partial charge is 0.325 e. The third kappa shape index (κ3) is 5.35. The van der Waals surface area contributed by atoms with Crippen LogP contribution >= 0.6 is 0 Å². The molecule has 0 bridgehead atoms.